The lowest BCUT2D eigenvalue weighted by Gasteiger charge is -2.33. The van der Waals surface area contributed by atoms with Crippen LogP contribution in [0.25, 0.3) is 10.9 Å². The van der Waals surface area contributed by atoms with Gasteiger partial charge in [-0.2, -0.15) is 0 Å². The van der Waals surface area contributed by atoms with Crippen LogP contribution in [0.3, 0.4) is 0 Å². The molecule has 0 fully saturated rings. The van der Waals surface area contributed by atoms with Crippen molar-refractivity contribution in [3.63, 3.8) is 0 Å². The van der Waals surface area contributed by atoms with Crippen LogP contribution in [-0.4, -0.2) is 27.9 Å². The highest BCUT2D eigenvalue weighted by Gasteiger charge is 2.29. The van der Waals surface area contributed by atoms with Crippen LogP contribution in [0, 0.1) is 16.0 Å². The number of nitrogens with two attached hydrogens (primary N) is 1. The number of carbonyl (C=O) groups excluding carboxylic acids is 1. The standard InChI is InChI=1S/C16H20N4O4/c1-9(2)16(3,8-17)19-15(22)12-7-14(21)18-13-5-4-10(20(23)24)6-11(12)13/h4-7,9H,8,17H2,1-3H3,(H,18,21)(H,19,22). The maximum atomic E-state index is 12.7. The van der Waals surface area contributed by atoms with Crippen LogP contribution < -0.4 is 16.6 Å². The Morgan fingerprint density at radius 2 is 2.08 bits per heavy atom. The number of aromatic amines is 1. The Morgan fingerprint density at radius 1 is 1.42 bits per heavy atom. The van der Waals surface area contributed by atoms with Gasteiger partial charge in [0.15, 0.2) is 0 Å². The lowest BCUT2D eigenvalue weighted by atomic mass is 9.88. The summed E-state index contributed by atoms with van der Waals surface area (Å²) >= 11 is 0. The predicted molar refractivity (Wildman–Crippen MR) is 91.0 cm³/mol. The first-order chi connectivity index (χ1) is 11.2. The Labute approximate surface area is 138 Å². The van der Waals surface area contributed by atoms with Gasteiger partial charge in [0, 0.05) is 35.6 Å². The summed E-state index contributed by atoms with van der Waals surface area (Å²) in [6, 6.07) is 5.10. The van der Waals surface area contributed by atoms with E-state index < -0.39 is 21.9 Å². The van der Waals surface area contributed by atoms with Crippen LogP contribution in [-0.2, 0) is 0 Å². The topological polar surface area (TPSA) is 131 Å². The summed E-state index contributed by atoms with van der Waals surface area (Å²) < 4.78 is 0. The molecule has 1 unspecified atom stereocenters. The van der Waals surface area contributed by atoms with E-state index in [2.05, 4.69) is 10.3 Å². The van der Waals surface area contributed by atoms with Crippen LogP contribution in [0.2, 0.25) is 0 Å². The maximum Gasteiger partial charge on any atom is 0.270 e. The molecule has 1 aromatic carbocycles. The van der Waals surface area contributed by atoms with Gasteiger partial charge in [-0.25, -0.2) is 0 Å². The summed E-state index contributed by atoms with van der Waals surface area (Å²) in [6.07, 6.45) is 0. The van der Waals surface area contributed by atoms with E-state index in [1.807, 2.05) is 20.8 Å². The highest BCUT2D eigenvalue weighted by atomic mass is 16.6. The molecule has 0 bridgehead atoms. The van der Waals surface area contributed by atoms with Crippen molar-refractivity contribution in [1.29, 1.82) is 0 Å². The summed E-state index contributed by atoms with van der Waals surface area (Å²) in [5, 5.41) is 14.1. The number of nitrogens with zero attached hydrogens (tertiary/aromatic N) is 1. The first-order valence-electron chi connectivity index (χ1n) is 7.52. The van der Waals surface area contributed by atoms with Gasteiger partial charge in [-0.1, -0.05) is 13.8 Å². The van der Waals surface area contributed by atoms with Gasteiger partial charge in [0.05, 0.1) is 16.0 Å². The first-order valence-corrected chi connectivity index (χ1v) is 7.52. The van der Waals surface area contributed by atoms with Crippen molar-refractivity contribution in [1.82, 2.24) is 10.3 Å². The number of carbonyl (C=O) groups is 1. The number of H-pyrrole nitrogens is 1. The van der Waals surface area contributed by atoms with Gasteiger partial charge in [-0.15, -0.1) is 0 Å². The third-order valence-corrected chi connectivity index (χ3v) is 4.38. The van der Waals surface area contributed by atoms with Gasteiger partial charge >= 0.3 is 0 Å². The number of pyridine rings is 1. The molecule has 0 radical (unpaired) electrons. The van der Waals surface area contributed by atoms with Gasteiger partial charge in [0.25, 0.3) is 11.6 Å². The number of hydrogen-bond donors (Lipinski definition) is 3. The number of nitrogens with one attached hydrogen (secondary N) is 2. The molecule has 1 aromatic heterocycles. The molecular formula is C16H20N4O4. The van der Waals surface area contributed by atoms with Crippen molar-refractivity contribution in [3.8, 4) is 0 Å². The second-order valence-corrected chi connectivity index (χ2v) is 6.26. The summed E-state index contributed by atoms with van der Waals surface area (Å²) in [7, 11) is 0. The van der Waals surface area contributed by atoms with E-state index in [-0.39, 0.29) is 23.7 Å². The predicted octanol–water partition coefficient (Wildman–Crippen LogP) is 1.54. The summed E-state index contributed by atoms with van der Waals surface area (Å²) in [6.45, 7) is 5.88. The fraction of sp³-hybridized carbons (Fsp3) is 0.375. The Morgan fingerprint density at radius 3 is 2.62 bits per heavy atom. The van der Waals surface area contributed by atoms with Crippen molar-refractivity contribution >= 4 is 22.5 Å². The highest BCUT2D eigenvalue weighted by molar-refractivity contribution is 6.06. The zero-order valence-corrected chi connectivity index (χ0v) is 13.8. The zero-order chi connectivity index (χ0) is 18.1. The molecule has 0 spiro atoms. The van der Waals surface area contributed by atoms with Crippen molar-refractivity contribution in [2.24, 2.45) is 11.7 Å². The summed E-state index contributed by atoms with van der Waals surface area (Å²) in [5.74, 6) is -0.428. The number of aromatic nitrogens is 1. The number of non-ortho nitro benzene ring substituents is 1. The van der Waals surface area contributed by atoms with Crippen LogP contribution in [0.1, 0.15) is 31.1 Å². The largest absolute Gasteiger partial charge is 0.345 e. The average molecular weight is 332 g/mol. The van der Waals surface area contributed by atoms with E-state index in [4.69, 9.17) is 5.73 Å². The van der Waals surface area contributed by atoms with E-state index >= 15 is 0 Å². The molecule has 1 atom stereocenters. The molecule has 0 saturated carbocycles. The Hall–Kier alpha value is -2.74. The highest BCUT2D eigenvalue weighted by Crippen LogP contribution is 2.23. The van der Waals surface area contributed by atoms with Crippen LogP contribution >= 0.6 is 0 Å². The van der Waals surface area contributed by atoms with E-state index in [9.17, 15) is 19.7 Å². The minimum Gasteiger partial charge on any atom is -0.345 e. The van der Waals surface area contributed by atoms with Crippen molar-refractivity contribution in [3.05, 3.63) is 50.3 Å². The quantitative estimate of drug-likeness (QED) is 0.564. The van der Waals surface area contributed by atoms with Gasteiger partial charge in [-0.3, -0.25) is 19.7 Å². The molecule has 8 nitrogen and oxygen atoms in total. The number of hydrogen-bond acceptors (Lipinski definition) is 5. The molecule has 1 heterocycles. The van der Waals surface area contributed by atoms with Gasteiger partial charge in [0.1, 0.15) is 0 Å². The van der Waals surface area contributed by atoms with Crippen molar-refractivity contribution in [2.45, 2.75) is 26.3 Å². The van der Waals surface area contributed by atoms with E-state index in [1.54, 1.807) is 0 Å². The molecule has 128 valence electrons. The lowest BCUT2D eigenvalue weighted by Crippen LogP contribution is -2.55. The Balaban J connectivity index is 2.58. The third kappa shape index (κ3) is 3.28. The second-order valence-electron chi connectivity index (χ2n) is 6.26. The zero-order valence-electron chi connectivity index (χ0n) is 13.8. The van der Waals surface area contributed by atoms with Gasteiger partial charge < -0.3 is 16.0 Å². The molecule has 0 aliphatic heterocycles. The first kappa shape index (κ1) is 17.6. The fourth-order valence-corrected chi connectivity index (χ4v) is 2.30. The molecule has 0 aliphatic carbocycles. The van der Waals surface area contributed by atoms with E-state index in [0.717, 1.165) is 6.07 Å². The Kier molecular flexibility index (Phi) is 4.70. The van der Waals surface area contributed by atoms with Crippen LogP contribution in [0.5, 0.6) is 0 Å². The number of nitro groups is 1. The van der Waals surface area contributed by atoms with Crippen molar-refractivity contribution in [2.75, 3.05) is 6.54 Å². The molecule has 0 aliphatic rings. The molecular weight excluding hydrogens is 312 g/mol. The smallest absolute Gasteiger partial charge is 0.270 e. The maximum absolute atomic E-state index is 12.7. The number of amides is 1. The number of nitro benzene ring substituents is 1. The molecule has 4 N–H and O–H groups in total. The SMILES string of the molecule is CC(C)C(C)(CN)NC(=O)c1cc(=O)[nH]c2ccc([N+](=O)[O-])cc12. The number of rotatable bonds is 5. The third-order valence-electron chi connectivity index (χ3n) is 4.38. The second kappa shape index (κ2) is 6.40. The minimum absolute atomic E-state index is 0.0639. The molecule has 2 rings (SSSR count). The molecule has 1 amide bonds. The van der Waals surface area contributed by atoms with E-state index in [0.29, 0.717) is 10.9 Å². The Bertz CT molecular complexity index is 859. The van der Waals surface area contributed by atoms with E-state index in [1.165, 1.54) is 18.2 Å². The van der Waals surface area contributed by atoms with Gasteiger partial charge in [0.2, 0.25) is 5.56 Å². The fourth-order valence-electron chi connectivity index (χ4n) is 2.30. The number of benzene rings is 1. The lowest BCUT2D eigenvalue weighted by molar-refractivity contribution is -0.384. The minimum atomic E-state index is -0.660. The molecule has 24 heavy (non-hydrogen) atoms. The number of fused-ring (bicyclic) bond motifs is 1. The molecule has 0 saturated heterocycles. The van der Waals surface area contributed by atoms with Crippen molar-refractivity contribution < 1.29 is 9.72 Å². The molecule has 8 heteroatoms. The van der Waals surface area contributed by atoms with Gasteiger partial charge in [-0.05, 0) is 18.9 Å². The van der Waals surface area contributed by atoms with Crippen LogP contribution in [0.15, 0.2) is 29.1 Å². The molecule has 2 aromatic rings. The summed E-state index contributed by atoms with van der Waals surface area (Å²) in [4.78, 5) is 37.5. The monoisotopic (exact) mass is 332 g/mol. The normalized spacial score (nSPS) is 13.7. The average Bonchev–Trinajstić information content (AvgIpc) is 2.52. The van der Waals surface area contributed by atoms with Crippen LogP contribution in [0.4, 0.5) is 5.69 Å². The summed E-state index contributed by atoms with van der Waals surface area (Å²) in [5.41, 5.74) is 4.93.